The van der Waals surface area contributed by atoms with Crippen molar-refractivity contribution in [1.82, 2.24) is 0 Å². The highest BCUT2D eigenvalue weighted by molar-refractivity contribution is 6.23. The maximum atomic E-state index is 13.7. The number of Topliss-reactive ketones (excluding diaryl/α,β-unsaturated/α-hetero) is 1. The van der Waals surface area contributed by atoms with Crippen LogP contribution in [0.2, 0.25) is 0 Å². The lowest BCUT2D eigenvalue weighted by atomic mass is 9.68. The Labute approximate surface area is 211 Å². The molecule has 2 aromatic rings. The third-order valence-corrected chi connectivity index (χ3v) is 8.20. The molecule has 2 N–H and O–H groups in total. The Morgan fingerprint density at radius 2 is 1.75 bits per heavy atom. The van der Waals surface area contributed by atoms with Crippen molar-refractivity contribution in [2.24, 2.45) is 5.92 Å². The van der Waals surface area contributed by atoms with Crippen LogP contribution >= 0.6 is 0 Å². The van der Waals surface area contributed by atoms with Gasteiger partial charge in [-0.25, -0.2) is 4.79 Å². The van der Waals surface area contributed by atoms with Gasteiger partial charge in [0.1, 0.15) is 12.3 Å². The number of hydrogen-bond donors (Lipinski definition) is 2. The van der Waals surface area contributed by atoms with E-state index in [-0.39, 0.29) is 22.5 Å². The molecule has 2 aromatic carbocycles. The Bertz CT molecular complexity index is 1420. The third-order valence-electron chi connectivity index (χ3n) is 8.20. The molecule has 2 heterocycles. The van der Waals surface area contributed by atoms with Crippen LogP contribution in [0.25, 0.3) is 0 Å². The number of anilines is 1. The predicted octanol–water partition coefficient (Wildman–Crippen LogP) is 5.49. The normalized spacial score (nSPS) is 22.7. The summed E-state index contributed by atoms with van der Waals surface area (Å²) in [6.45, 7) is 13.7. The van der Waals surface area contributed by atoms with E-state index in [1.54, 1.807) is 12.1 Å². The highest BCUT2D eigenvalue weighted by Gasteiger charge is 2.56. The SMILES string of the molecule is CCN1/C(=C/C2=C(O)C(C3=[N+](CC)c4ccccc4C3(C)C)C2=O)C(C)(C)c2cc(C(=O)O)ccc21. The standard InChI is InChI=1S/C30H32N2O4/c1-7-31-22-14-13-17(28(35)36)15-20(22)29(3,4)23(31)16-18-25(33)24(26(18)34)27-30(5,6)19-11-9-10-12-21(19)32(27)8-2/h9-16,24H,7-8H2,1-6H3,(H-,33,34,35,36)/p+1/b23-16+. The number of nitrogens with zero attached hydrogens (tertiary/aromatic N) is 2. The fourth-order valence-electron chi connectivity index (χ4n) is 6.33. The Kier molecular flexibility index (Phi) is 5.29. The second kappa shape index (κ2) is 7.92. The zero-order valence-corrected chi connectivity index (χ0v) is 21.7. The minimum Gasteiger partial charge on any atom is -0.510 e. The van der Waals surface area contributed by atoms with Crippen molar-refractivity contribution in [2.75, 3.05) is 18.0 Å². The summed E-state index contributed by atoms with van der Waals surface area (Å²) in [5, 5.41) is 20.8. The lowest BCUT2D eigenvalue weighted by Crippen LogP contribution is -2.46. The van der Waals surface area contributed by atoms with E-state index in [0.717, 1.165) is 33.9 Å². The molecule has 0 amide bonds. The van der Waals surface area contributed by atoms with Gasteiger partial charge in [-0.15, -0.1) is 0 Å². The van der Waals surface area contributed by atoms with E-state index in [4.69, 9.17) is 0 Å². The summed E-state index contributed by atoms with van der Waals surface area (Å²) in [5.74, 6) is -1.61. The van der Waals surface area contributed by atoms with Gasteiger partial charge in [0.2, 0.25) is 5.69 Å². The molecule has 0 saturated carbocycles. The van der Waals surface area contributed by atoms with Crippen LogP contribution in [-0.4, -0.2) is 45.3 Å². The number of aliphatic hydroxyl groups excluding tert-OH is 1. The van der Waals surface area contributed by atoms with Crippen LogP contribution in [0.1, 0.15) is 63.0 Å². The quantitative estimate of drug-likeness (QED) is 0.547. The molecular formula is C30H33N2O4+. The molecular weight excluding hydrogens is 452 g/mol. The van der Waals surface area contributed by atoms with Crippen LogP contribution < -0.4 is 4.90 Å². The second-order valence-electron chi connectivity index (χ2n) is 10.8. The topological polar surface area (TPSA) is 80.8 Å². The number of carboxylic acids is 1. The number of para-hydroxylation sites is 1. The van der Waals surface area contributed by atoms with Crippen molar-refractivity contribution in [2.45, 2.75) is 52.4 Å². The number of aliphatic hydroxyl groups is 1. The highest BCUT2D eigenvalue weighted by atomic mass is 16.4. The fourth-order valence-corrected chi connectivity index (χ4v) is 6.33. The van der Waals surface area contributed by atoms with E-state index in [0.29, 0.717) is 18.7 Å². The molecule has 6 heteroatoms. The maximum absolute atomic E-state index is 13.7. The van der Waals surface area contributed by atoms with Gasteiger partial charge in [-0.1, -0.05) is 32.0 Å². The number of rotatable bonds is 5. The second-order valence-corrected chi connectivity index (χ2v) is 10.8. The predicted molar refractivity (Wildman–Crippen MR) is 141 cm³/mol. The number of ketones is 1. The van der Waals surface area contributed by atoms with Crippen molar-refractivity contribution < 1.29 is 24.4 Å². The monoisotopic (exact) mass is 485 g/mol. The largest absolute Gasteiger partial charge is 0.510 e. The van der Waals surface area contributed by atoms with E-state index in [9.17, 15) is 19.8 Å². The molecule has 1 atom stereocenters. The molecule has 3 aliphatic rings. The number of carboxylic acid groups (broad SMARTS) is 1. The number of benzene rings is 2. The van der Waals surface area contributed by atoms with Crippen molar-refractivity contribution in [1.29, 1.82) is 0 Å². The summed E-state index contributed by atoms with van der Waals surface area (Å²) in [5.41, 5.74) is 5.54. The molecule has 5 rings (SSSR count). The average Bonchev–Trinajstić information content (AvgIpc) is 3.20. The Morgan fingerprint density at radius 3 is 2.36 bits per heavy atom. The van der Waals surface area contributed by atoms with Crippen LogP contribution in [0.3, 0.4) is 0 Å². The van der Waals surface area contributed by atoms with Crippen molar-refractivity contribution in [3.8, 4) is 0 Å². The first-order valence-corrected chi connectivity index (χ1v) is 12.6. The number of likely N-dealkylation sites (N-methyl/N-ethyl adjacent to an activating group) is 1. The van der Waals surface area contributed by atoms with Crippen LogP contribution in [0.5, 0.6) is 0 Å². The Balaban J connectivity index is 1.60. The molecule has 2 aliphatic heterocycles. The number of aromatic carboxylic acids is 1. The van der Waals surface area contributed by atoms with Crippen molar-refractivity contribution >= 4 is 28.8 Å². The molecule has 0 spiro atoms. The van der Waals surface area contributed by atoms with Gasteiger partial charge in [-0.2, -0.15) is 4.58 Å². The van der Waals surface area contributed by atoms with E-state index >= 15 is 0 Å². The van der Waals surface area contributed by atoms with E-state index in [2.05, 4.69) is 42.4 Å². The number of carbonyl (C=O) groups is 2. The molecule has 0 aromatic heterocycles. The summed E-state index contributed by atoms with van der Waals surface area (Å²) < 4.78 is 2.17. The molecule has 0 bridgehead atoms. The zero-order valence-electron chi connectivity index (χ0n) is 21.7. The molecule has 6 nitrogen and oxygen atoms in total. The average molecular weight is 486 g/mol. The summed E-state index contributed by atoms with van der Waals surface area (Å²) in [6, 6.07) is 13.3. The lowest BCUT2D eigenvalue weighted by Gasteiger charge is -2.32. The zero-order chi connectivity index (χ0) is 26.2. The van der Waals surface area contributed by atoms with Gasteiger partial charge in [-0.3, -0.25) is 4.79 Å². The van der Waals surface area contributed by atoms with Crippen molar-refractivity contribution in [3.63, 3.8) is 0 Å². The van der Waals surface area contributed by atoms with Crippen LogP contribution in [0, 0.1) is 5.92 Å². The minimum atomic E-state index is -0.968. The van der Waals surface area contributed by atoms with Gasteiger partial charge in [0.25, 0.3) is 0 Å². The molecule has 1 unspecified atom stereocenters. The van der Waals surface area contributed by atoms with Crippen LogP contribution in [0.4, 0.5) is 11.4 Å². The summed E-state index contributed by atoms with van der Waals surface area (Å²) in [6.07, 6.45) is 1.81. The molecule has 0 radical (unpaired) electrons. The van der Waals surface area contributed by atoms with Gasteiger partial charge < -0.3 is 15.1 Å². The molecule has 0 fully saturated rings. The van der Waals surface area contributed by atoms with Gasteiger partial charge in [0, 0.05) is 35.0 Å². The molecule has 0 saturated heterocycles. The number of fused-ring (bicyclic) bond motifs is 2. The van der Waals surface area contributed by atoms with Crippen molar-refractivity contribution in [3.05, 3.63) is 82.3 Å². The van der Waals surface area contributed by atoms with Gasteiger partial charge in [0.05, 0.1) is 16.6 Å². The highest BCUT2D eigenvalue weighted by Crippen LogP contribution is 2.50. The first kappa shape index (κ1) is 24.0. The summed E-state index contributed by atoms with van der Waals surface area (Å²) in [4.78, 5) is 27.4. The number of carbonyl (C=O) groups excluding carboxylic acids is 1. The van der Waals surface area contributed by atoms with Crippen LogP contribution in [-0.2, 0) is 15.6 Å². The van der Waals surface area contributed by atoms with Gasteiger partial charge in [0.15, 0.2) is 17.4 Å². The summed E-state index contributed by atoms with van der Waals surface area (Å²) in [7, 11) is 0. The number of hydrogen-bond acceptors (Lipinski definition) is 4. The first-order chi connectivity index (χ1) is 17.0. The first-order valence-electron chi connectivity index (χ1n) is 12.6. The van der Waals surface area contributed by atoms with Gasteiger partial charge in [-0.05, 0) is 57.5 Å². The lowest BCUT2D eigenvalue weighted by molar-refractivity contribution is -0.436. The van der Waals surface area contributed by atoms with E-state index in [1.165, 1.54) is 0 Å². The number of allylic oxidation sites excluding steroid dienone is 4. The Morgan fingerprint density at radius 1 is 1.06 bits per heavy atom. The molecule has 36 heavy (non-hydrogen) atoms. The maximum Gasteiger partial charge on any atom is 0.335 e. The molecule has 186 valence electrons. The van der Waals surface area contributed by atoms with E-state index in [1.807, 2.05) is 45.0 Å². The fraction of sp³-hybridized carbons (Fsp3) is 0.367. The minimum absolute atomic E-state index is 0.0802. The third kappa shape index (κ3) is 3.06. The van der Waals surface area contributed by atoms with E-state index < -0.39 is 17.3 Å². The molecule has 1 aliphatic carbocycles. The van der Waals surface area contributed by atoms with Crippen LogP contribution in [0.15, 0.2) is 65.6 Å². The van der Waals surface area contributed by atoms with Gasteiger partial charge >= 0.3 is 5.97 Å². The summed E-state index contributed by atoms with van der Waals surface area (Å²) >= 11 is 0. The Hall–Kier alpha value is -3.67. The smallest absolute Gasteiger partial charge is 0.335 e.